The van der Waals surface area contributed by atoms with Crippen LogP contribution >= 0.6 is 0 Å². The number of anilines is 2. The topological polar surface area (TPSA) is 87.2 Å². The van der Waals surface area contributed by atoms with Crippen molar-refractivity contribution < 1.29 is 24.3 Å². The number of imide groups is 1. The van der Waals surface area contributed by atoms with Gasteiger partial charge in [0.2, 0.25) is 5.91 Å². The highest BCUT2D eigenvalue weighted by Crippen LogP contribution is 2.47. The Bertz CT molecular complexity index is 1190. The second-order valence-corrected chi connectivity index (χ2v) is 7.93. The Morgan fingerprint density at radius 3 is 2.12 bits per heavy atom. The number of carboxylic acid groups (broad SMARTS) is 1. The van der Waals surface area contributed by atoms with Crippen LogP contribution in [0.4, 0.5) is 11.4 Å². The fraction of sp³-hybridized carbons (Fsp3) is 0.160. The molecule has 0 aromatic heterocycles. The first kappa shape index (κ1) is 20.0. The molecule has 0 unspecified atom stereocenters. The summed E-state index contributed by atoms with van der Waals surface area (Å²) in [5.74, 6) is -2.54. The molecule has 5 rings (SSSR count). The van der Waals surface area contributed by atoms with Crippen LogP contribution in [0.3, 0.4) is 0 Å². The zero-order valence-corrected chi connectivity index (χ0v) is 17.2. The molecular weight excluding hydrogens is 408 g/mol. The van der Waals surface area contributed by atoms with Gasteiger partial charge in [-0.25, -0.2) is 14.8 Å². The van der Waals surface area contributed by atoms with E-state index in [9.17, 15) is 19.5 Å². The average molecular weight is 428 g/mol. The summed E-state index contributed by atoms with van der Waals surface area (Å²) < 4.78 is 0. The van der Waals surface area contributed by atoms with Crippen molar-refractivity contribution in [1.29, 1.82) is 0 Å². The van der Waals surface area contributed by atoms with Gasteiger partial charge in [0, 0.05) is 0 Å². The molecule has 3 aromatic carbocycles. The van der Waals surface area contributed by atoms with E-state index in [1.165, 1.54) is 17.0 Å². The average Bonchev–Trinajstić information content (AvgIpc) is 3.31. The Labute approximate surface area is 184 Å². The molecule has 0 bridgehead atoms. The first-order valence-corrected chi connectivity index (χ1v) is 10.2. The van der Waals surface area contributed by atoms with Crippen molar-refractivity contribution in [3.8, 4) is 0 Å². The summed E-state index contributed by atoms with van der Waals surface area (Å²) in [7, 11) is 0. The number of rotatable bonds is 4. The molecule has 3 atom stereocenters. The van der Waals surface area contributed by atoms with E-state index in [0.29, 0.717) is 16.9 Å². The number of nitrogens with zero attached hydrogens (tertiary/aromatic N) is 2. The van der Waals surface area contributed by atoms with E-state index in [1.807, 2.05) is 49.4 Å². The van der Waals surface area contributed by atoms with Gasteiger partial charge in [0.25, 0.3) is 5.91 Å². The quantitative estimate of drug-likeness (QED) is 0.637. The molecule has 1 N–H and O–H groups in total. The standard InChI is InChI=1S/C25H20N2O5/c1-15-7-13-18(14-8-15)26-23(28)20-21(16-9-11-17(12-10-16)25(30)31)27(32-22(20)24(26)29)19-5-3-2-4-6-19/h2-14,20-22H,1H3,(H,30,31)/t20-,21+,22-/m0/s1. The third-order valence-corrected chi connectivity index (χ3v) is 5.92. The van der Waals surface area contributed by atoms with E-state index in [0.717, 1.165) is 5.56 Å². The molecule has 0 spiro atoms. The van der Waals surface area contributed by atoms with Gasteiger partial charge in [-0.1, -0.05) is 48.0 Å². The Hall–Kier alpha value is -3.97. The lowest BCUT2D eigenvalue weighted by atomic mass is 9.90. The van der Waals surface area contributed by atoms with Crippen LogP contribution in [0.25, 0.3) is 0 Å². The highest BCUT2D eigenvalue weighted by Gasteiger charge is 2.60. The number of carboxylic acids is 1. The fourth-order valence-electron chi connectivity index (χ4n) is 4.32. The molecule has 2 aliphatic heterocycles. The van der Waals surface area contributed by atoms with Gasteiger partial charge >= 0.3 is 5.97 Å². The molecule has 0 saturated carbocycles. The Morgan fingerprint density at radius 1 is 0.844 bits per heavy atom. The minimum atomic E-state index is -1.03. The van der Waals surface area contributed by atoms with Gasteiger partial charge in [0.15, 0.2) is 6.10 Å². The number of benzene rings is 3. The van der Waals surface area contributed by atoms with Gasteiger partial charge in [-0.3, -0.25) is 14.4 Å². The summed E-state index contributed by atoms with van der Waals surface area (Å²) in [6.07, 6.45) is -0.965. The molecular formula is C25H20N2O5. The number of hydrogen-bond donors (Lipinski definition) is 1. The van der Waals surface area contributed by atoms with Gasteiger partial charge in [-0.2, -0.15) is 0 Å². The normalized spacial score (nSPS) is 22.3. The molecule has 32 heavy (non-hydrogen) atoms. The number of carbonyl (C=O) groups is 3. The van der Waals surface area contributed by atoms with Crippen LogP contribution in [0.1, 0.15) is 27.5 Å². The van der Waals surface area contributed by atoms with Crippen molar-refractivity contribution in [2.45, 2.75) is 19.1 Å². The lowest BCUT2D eigenvalue weighted by molar-refractivity contribution is -0.126. The number of aryl methyl sites for hydroxylation is 1. The highest BCUT2D eigenvalue weighted by atomic mass is 16.7. The minimum Gasteiger partial charge on any atom is -0.478 e. The Morgan fingerprint density at radius 2 is 1.50 bits per heavy atom. The third kappa shape index (κ3) is 3.14. The number of fused-ring (bicyclic) bond motifs is 1. The number of carbonyl (C=O) groups excluding carboxylic acids is 2. The first-order valence-electron chi connectivity index (χ1n) is 10.2. The summed E-state index contributed by atoms with van der Waals surface area (Å²) in [5, 5.41) is 10.8. The summed E-state index contributed by atoms with van der Waals surface area (Å²) in [4.78, 5) is 45.3. The van der Waals surface area contributed by atoms with Crippen molar-refractivity contribution in [1.82, 2.24) is 0 Å². The molecule has 2 saturated heterocycles. The molecule has 2 heterocycles. The molecule has 0 radical (unpaired) electrons. The molecule has 7 nitrogen and oxygen atoms in total. The Balaban J connectivity index is 1.57. The lowest BCUT2D eigenvalue weighted by Crippen LogP contribution is -2.37. The maximum Gasteiger partial charge on any atom is 0.335 e. The maximum atomic E-state index is 13.5. The SMILES string of the molecule is Cc1ccc(N2C(=O)[C@@H]3[C@H](ON(c4ccccc4)[C@@H]3c3ccc(C(=O)O)cc3)C2=O)cc1. The van der Waals surface area contributed by atoms with Crippen LogP contribution in [0.2, 0.25) is 0 Å². The van der Waals surface area contributed by atoms with E-state index in [1.54, 1.807) is 29.3 Å². The predicted molar refractivity (Wildman–Crippen MR) is 117 cm³/mol. The third-order valence-electron chi connectivity index (χ3n) is 5.92. The molecule has 7 heteroatoms. The van der Waals surface area contributed by atoms with Crippen LogP contribution in [0.5, 0.6) is 0 Å². The van der Waals surface area contributed by atoms with Crippen LogP contribution < -0.4 is 9.96 Å². The van der Waals surface area contributed by atoms with Crippen molar-refractivity contribution in [2.75, 3.05) is 9.96 Å². The van der Waals surface area contributed by atoms with E-state index in [4.69, 9.17) is 4.84 Å². The molecule has 2 aliphatic rings. The zero-order chi connectivity index (χ0) is 22.4. The smallest absolute Gasteiger partial charge is 0.335 e. The number of amides is 2. The molecule has 0 aliphatic carbocycles. The minimum absolute atomic E-state index is 0.144. The van der Waals surface area contributed by atoms with Gasteiger partial charge in [-0.15, -0.1) is 0 Å². The summed E-state index contributed by atoms with van der Waals surface area (Å²) in [6, 6.07) is 22.2. The van der Waals surface area contributed by atoms with E-state index in [2.05, 4.69) is 0 Å². The number of hydrogen-bond acceptors (Lipinski definition) is 5. The zero-order valence-electron chi connectivity index (χ0n) is 17.2. The van der Waals surface area contributed by atoms with Crippen LogP contribution in [0, 0.1) is 12.8 Å². The second kappa shape index (κ2) is 7.62. The highest BCUT2D eigenvalue weighted by molar-refractivity contribution is 6.23. The largest absolute Gasteiger partial charge is 0.478 e. The van der Waals surface area contributed by atoms with Crippen LogP contribution in [-0.4, -0.2) is 29.0 Å². The molecule has 160 valence electrons. The lowest BCUT2D eigenvalue weighted by Gasteiger charge is -2.28. The van der Waals surface area contributed by atoms with E-state index in [-0.39, 0.29) is 11.5 Å². The van der Waals surface area contributed by atoms with Gasteiger partial charge in [-0.05, 0) is 48.9 Å². The van der Waals surface area contributed by atoms with Crippen molar-refractivity contribution in [3.05, 3.63) is 95.6 Å². The molecule has 2 fully saturated rings. The van der Waals surface area contributed by atoms with E-state index < -0.39 is 29.9 Å². The monoisotopic (exact) mass is 428 g/mol. The fourth-order valence-corrected chi connectivity index (χ4v) is 4.32. The van der Waals surface area contributed by atoms with Crippen LogP contribution in [0.15, 0.2) is 78.9 Å². The maximum absolute atomic E-state index is 13.5. The molecule has 3 aromatic rings. The van der Waals surface area contributed by atoms with Crippen molar-refractivity contribution >= 4 is 29.2 Å². The van der Waals surface area contributed by atoms with Crippen molar-refractivity contribution in [2.24, 2.45) is 5.92 Å². The molecule has 2 amide bonds. The van der Waals surface area contributed by atoms with Gasteiger partial charge in [0.1, 0.15) is 5.92 Å². The number of para-hydroxylation sites is 1. The summed E-state index contributed by atoms with van der Waals surface area (Å²) >= 11 is 0. The first-order chi connectivity index (χ1) is 15.5. The Kier molecular flexibility index (Phi) is 4.75. The van der Waals surface area contributed by atoms with Gasteiger partial charge < -0.3 is 5.11 Å². The van der Waals surface area contributed by atoms with Gasteiger partial charge in [0.05, 0.1) is 23.0 Å². The predicted octanol–water partition coefficient (Wildman–Crippen LogP) is 3.74. The summed E-state index contributed by atoms with van der Waals surface area (Å²) in [6.45, 7) is 1.93. The number of hydroxylamine groups is 1. The van der Waals surface area contributed by atoms with E-state index >= 15 is 0 Å². The summed E-state index contributed by atoms with van der Waals surface area (Å²) in [5.41, 5.74) is 3.08. The second-order valence-electron chi connectivity index (χ2n) is 7.93. The van der Waals surface area contributed by atoms with Crippen LogP contribution in [-0.2, 0) is 14.4 Å². The van der Waals surface area contributed by atoms with Crippen molar-refractivity contribution in [3.63, 3.8) is 0 Å². The number of aromatic carboxylic acids is 1.